The Morgan fingerprint density at radius 3 is 2.89 bits per heavy atom. The van der Waals surface area contributed by atoms with E-state index in [9.17, 15) is 0 Å². The van der Waals surface area contributed by atoms with Crippen LogP contribution in [0.3, 0.4) is 0 Å². The van der Waals surface area contributed by atoms with E-state index in [0.717, 1.165) is 55.3 Å². The highest BCUT2D eigenvalue weighted by Crippen LogP contribution is 2.44. The van der Waals surface area contributed by atoms with Crippen LogP contribution >= 0.6 is 0 Å². The Labute approximate surface area is 157 Å². The van der Waals surface area contributed by atoms with E-state index in [1.54, 1.807) is 12.5 Å². The van der Waals surface area contributed by atoms with Crippen LogP contribution in [0.1, 0.15) is 18.9 Å². The van der Waals surface area contributed by atoms with Crippen LogP contribution in [0.15, 0.2) is 36.9 Å². The molecule has 1 N–H and O–H groups in total. The number of fused-ring (bicyclic) bond motifs is 2. The number of H-pyrrole nitrogens is 1. The lowest BCUT2D eigenvalue weighted by Crippen LogP contribution is -2.47. The summed E-state index contributed by atoms with van der Waals surface area (Å²) < 4.78 is 0. The second-order valence-electron chi connectivity index (χ2n) is 7.90. The minimum atomic E-state index is 0.182. The van der Waals surface area contributed by atoms with E-state index in [-0.39, 0.29) is 5.41 Å². The molecule has 0 aromatic carbocycles. The Morgan fingerprint density at radius 1 is 1.19 bits per heavy atom. The molecule has 0 spiro atoms. The molecule has 0 amide bonds. The van der Waals surface area contributed by atoms with Crippen LogP contribution in [0.4, 0.5) is 11.6 Å². The van der Waals surface area contributed by atoms with Crippen molar-refractivity contribution in [1.82, 2.24) is 19.9 Å². The summed E-state index contributed by atoms with van der Waals surface area (Å²) in [7, 11) is 0. The molecule has 2 saturated heterocycles. The van der Waals surface area contributed by atoms with Crippen molar-refractivity contribution < 1.29 is 0 Å². The summed E-state index contributed by atoms with van der Waals surface area (Å²) in [5.74, 6) is 2.62. The third-order valence-corrected chi connectivity index (χ3v) is 6.11. The molecule has 0 radical (unpaired) electrons. The fraction of sp³-hybridized carbons (Fsp3) is 0.400. The van der Waals surface area contributed by atoms with Gasteiger partial charge in [0.25, 0.3) is 0 Å². The number of hydrogen-bond donors (Lipinski definition) is 1. The monoisotopic (exact) mass is 359 g/mol. The molecule has 2 aliphatic heterocycles. The largest absolute Gasteiger partial charge is 0.356 e. The van der Waals surface area contributed by atoms with Gasteiger partial charge >= 0.3 is 0 Å². The number of hydrogen-bond acceptors (Lipinski definition) is 6. The summed E-state index contributed by atoms with van der Waals surface area (Å²) in [6.07, 6.45) is 6.37. The van der Waals surface area contributed by atoms with Crippen LogP contribution in [0, 0.1) is 22.7 Å². The molecule has 0 saturated carbocycles. The number of aromatic amines is 1. The van der Waals surface area contributed by atoms with Crippen molar-refractivity contribution in [3.63, 3.8) is 0 Å². The number of pyridine rings is 1. The SMILES string of the molecule is CC12CN(c3ccc(C#N)cn3)CC1CCN(c1ncnc3[nH]ccc13)C2. The fourth-order valence-corrected chi connectivity index (χ4v) is 4.67. The van der Waals surface area contributed by atoms with Gasteiger partial charge in [-0.2, -0.15) is 5.26 Å². The van der Waals surface area contributed by atoms with Gasteiger partial charge in [0, 0.05) is 44.0 Å². The van der Waals surface area contributed by atoms with Crippen molar-refractivity contribution in [3.05, 3.63) is 42.5 Å². The maximum Gasteiger partial charge on any atom is 0.142 e. The maximum absolute atomic E-state index is 8.98. The molecular formula is C20H21N7. The first kappa shape index (κ1) is 16.1. The van der Waals surface area contributed by atoms with E-state index in [4.69, 9.17) is 5.26 Å². The average Bonchev–Trinajstić information content (AvgIpc) is 3.31. The van der Waals surface area contributed by atoms with Crippen LogP contribution in [-0.4, -0.2) is 46.1 Å². The van der Waals surface area contributed by atoms with E-state index in [0.29, 0.717) is 11.5 Å². The average molecular weight is 359 g/mol. The van der Waals surface area contributed by atoms with Gasteiger partial charge in [-0.3, -0.25) is 0 Å². The molecule has 2 fully saturated rings. The Morgan fingerprint density at radius 2 is 2.07 bits per heavy atom. The molecule has 136 valence electrons. The Hall–Kier alpha value is -3.14. The summed E-state index contributed by atoms with van der Waals surface area (Å²) in [5, 5.41) is 10.1. The van der Waals surface area contributed by atoms with Gasteiger partial charge in [-0.05, 0) is 30.5 Å². The normalized spacial score (nSPS) is 24.8. The zero-order valence-electron chi connectivity index (χ0n) is 15.3. The molecule has 27 heavy (non-hydrogen) atoms. The summed E-state index contributed by atoms with van der Waals surface area (Å²) in [5.41, 5.74) is 1.68. The molecule has 7 heteroatoms. The number of nitriles is 1. The standard InChI is InChI=1S/C20H21N7/c1-20-11-26(19-16-4-6-22-18(16)24-13-25-19)7-5-15(20)10-27(12-20)17-3-2-14(8-21)9-23-17/h2-4,6,9,13,15H,5,7,10-12H2,1H3,(H,22,24,25). The summed E-state index contributed by atoms with van der Waals surface area (Å²) in [4.78, 5) is 21.3. The van der Waals surface area contributed by atoms with Gasteiger partial charge in [-0.1, -0.05) is 6.92 Å². The molecule has 0 aliphatic carbocycles. The van der Waals surface area contributed by atoms with Crippen LogP contribution in [0.25, 0.3) is 11.0 Å². The predicted molar refractivity (Wildman–Crippen MR) is 103 cm³/mol. The van der Waals surface area contributed by atoms with Gasteiger partial charge in [0.05, 0.1) is 10.9 Å². The molecule has 2 aliphatic rings. The van der Waals surface area contributed by atoms with Crippen molar-refractivity contribution >= 4 is 22.7 Å². The van der Waals surface area contributed by atoms with Gasteiger partial charge in [0.15, 0.2) is 0 Å². The minimum absolute atomic E-state index is 0.182. The molecule has 0 bridgehead atoms. The third-order valence-electron chi connectivity index (χ3n) is 6.11. The molecule has 3 aromatic heterocycles. The summed E-state index contributed by atoms with van der Waals surface area (Å²) in [6.45, 7) is 6.35. The van der Waals surface area contributed by atoms with E-state index in [1.165, 1.54) is 0 Å². The zero-order chi connectivity index (χ0) is 18.4. The van der Waals surface area contributed by atoms with Gasteiger partial charge < -0.3 is 14.8 Å². The Balaban J connectivity index is 1.40. The first-order valence-electron chi connectivity index (χ1n) is 9.30. The van der Waals surface area contributed by atoms with Crippen molar-refractivity contribution in [3.8, 4) is 6.07 Å². The van der Waals surface area contributed by atoms with Crippen molar-refractivity contribution in [2.24, 2.45) is 11.3 Å². The van der Waals surface area contributed by atoms with Crippen molar-refractivity contribution in [2.45, 2.75) is 13.3 Å². The highest BCUT2D eigenvalue weighted by Gasteiger charge is 2.47. The molecule has 5 heterocycles. The second-order valence-corrected chi connectivity index (χ2v) is 7.90. The summed E-state index contributed by atoms with van der Waals surface area (Å²) >= 11 is 0. The molecular weight excluding hydrogens is 338 g/mol. The minimum Gasteiger partial charge on any atom is -0.356 e. The molecule has 7 nitrogen and oxygen atoms in total. The lowest BCUT2D eigenvalue weighted by atomic mass is 9.75. The smallest absolute Gasteiger partial charge is 0.142 e. The predicted octanol–water partition coefficient (Wildman–Crippen LogP) is 2.58. The number of aromatic nitrogens is 4. The second kappa shape index (κ2) is 5.95. The van der Waals surface area contributed by atoms with Gasteiger partial charge in [-0.25, -0.2) is 15.0 Å². The number of piperidine rings is 1. The molecule has 2 unspecified atom stereocenters. The molecule has 5 rings (SSSR count). The molecule has 3 aromatic rings. The first-order valence-corrected chi connectivity index (χ1v) is 9.30. The van der Waals surface area contributed by atoms with Crippen LogP contribution in [0.2, 0.25) is 0 Å². The third kappa shape index (κ3) is 2.60. The van der Waals surface area contributed by atoms with E-state index < -0.39 is 0 Å². The first-order chi connectivity index (χ1) is 13.2. The van der Waals surface area contributed by atoms with Crippen molar-refractivity contribution in [2.75, 3.05) is 36.0 Å². The fourth-order valence-electron chi connectivity index (χ4n) is 4.67. The van der Waals surface area contributed by atoms with Crippen LogP contribution in [-0.2, 0) is 0 Å². The number of nitrogens with zero attached hydrogens (tertiary/aromatic N) is 6. The topological polar surface area (TPSA) is 84.7 Å². The number of rotatable bonds is 2. The quantitative estimate of drug-likeness (QED) is 0.757. The van der Waals surface area contributed by atoms with Gasteiger partial charge in [0.1, 0.15) is 29.7 Å². The van der Waals surface area contributed by atoms with Crippen LogP contribution < -0.4 is 9.80 Å². The van der Waals surface area contributed by atoms with Crippen molar-refractivity contribution in [1.29, 1.82) is 5.26 Å². The number of nitrogens with one attached hydrogen (secondary N) is 1. The van der Waals surface area contributed by atoms with E-state index in [1.807, 2.05) is 18.3 Å². The maximum atomic E-state index is 8.98. The zero-order valence-corrected chi connectivity index (χ0v) is 15.3. The van der Waals surface area contributed by atoms with Gasteiger partial charge in [-0.15, -0.1) is 0 Å². The Kier molecular flexibility index (Phi) is 3.54. The highest BCUT2D eigenvalue weighted by molar-refractivity contribution is 5.87. The lowest BCUT2D eigenvalue weighted by Gasteiger charge is -2.42. The lowest BCUT2D eigenvalue weighted by molar-refractivity contribution is 0.216. The summed E-state index contributed by atoms with van der Waals surface area (Å²) in [6, 6.07) is 8.01. The van der Waals surface area contributed by atoms with E-state index >= 15 is 0 Å². The highest BCUT2D eigenvalue weighted by atomic mass is 15.3. The molecule has 2 atom stereocenters. The van der Waals surface area contributed by atoms with Gasteiger partial charge in [0.2, 0.25) is 0 Å². The Bertz CT molecular complexity index is 1020. The van der Waals surface area contributed by atoms with E-state index in [2.05, 4.69) is 48.8 Å². The van der Waals surface area contributed by atoms with Crippen LogP contribution in [0.5, 0.6) is 0 Å². The number of anilines is 2.